The summed E-state index contributed by atoms with van der Waals surface area (Å²) in [5.74, 6) is -2.03. The molecule has 0 unspecified atom stereocenters. The molecule has 0 aliphatic carbocycles. The first kappa shape index (κ1) is 20.0. The number of amides is 2. The Bertz CT molecular complexity index is 1020. The maximum atomic E-state index is 14.2. The third kappa shape index (κ3) is 3.76. The van der Waals surface area contributed by atoms with E-state index >= 15 is 0 Å². The monoisotopic (exact) mass is 464 g/mol. The fourth-order valence-electron chi connectivity index (χ4n) is 2.61. The van der Waals surface area contributed by atoms with Gasteiger partial charge < -0.3 is 9.84 Å². The van der Waals surface area contributed by atoms with Crippen molar-refractivity contribution in [2.45, 2.75) is 6.92 Å². The number of aromatic hydroxyl groups is 1. The molecule has 1 aliphatic heterocycles. The molecule has 1 aliphatic rings. The van der Waals surface area contributed by atoms with Crippen molar-refractivity contribution in [3.8, 4) is 11.5 Å². The van der Waals surface area contributed by atoms with Gasteiger partial charge >= 0.3 is 0 Å². The lowest BCUT2D eigenvalue weighted by Gasteiger charge is -2.29. The van der Waals surface area contributed by atoms with Crippen LogP contribution >= 0.6 is 28.1 Å². The number of nitrogens with zero attached hydrogens (tertiary/aromatic N) is 1. The Morgan fingerprint density at radius 1 is 1.32 bits per heavy atom. The maximum absolute atomic E-state index is 14.2. The minimum absolute atomic E-state index is 0.0665. The van der Waals surface area contributed by atoms with Crippen LogP contribution in [-0.4, -0.2) is 28.6 Å². The number of ether oxygens (including phenoxy) is 1. The molecular formula is C19H14BrFN2O4S. The Morgan fingerprint density at radius 3 is 2.71 bits per heavy atom. The van der Waals surface area contributed by atoms with E-state index in [0.717, 1.165) is 4.90 Å². The summed E-state index contributed by atoms with van der Waals surface area (Å²) in [6.07, 6.45) is 1.32. The second-order valence-electron chi connectivity index (χ2n) is 5.68. The molecule has 0 spiro atoms. The number of phenolic OH excluding ortho intramolecular Hbond substituents is 1. The molecule has 28 heavy (non-hydrogen) atoms. The number of rotatable bonds is 4. The number of hydrogen-bond donors (Lipinski definition) is 2. The molecule has 2 amide bonds. The first-order chi connectivity index (χ1) is 13.3. The molecule has 2 aromatic rings. The van der Waals surface area contributed by atoms with Crippen molar-refractivity contribution >= 4 is 56.8 Å². The number of thiocarbonyl (C=S) groups is 1. The van der Waals surface area contributed by atoms with E-state index in [2.05, 4.69) is 21.2 Å². The molecule has 0 bridgehead atoms. The molecule has 2 aromatic carbocycles. The number of carbonyl (C=O) groups is 2. The van der Waals surface area contributed by atoms with Crippen LogP contribution in [0.25, 0.3) is 6.08 Å². The SMILES string of the molecule is CCOc1cc(/C=C2/C(=O)NC(=S)N(c3ccccc3F)C2=O)c(Br)cc1O. The van der Waals surface area contributed by atoms with Gasteiger partial charge in [0.25, 0.3) is 11.8 Å². The molecule has 2 N–H and O–H groups in total. The van der Waals surface area contributed by atoms with Gasteiger partial charge in [-0.1, -0.05) is 28.1 Å². The zero-order chi connectivity index (χ0) is 20.4. The first-order valence-electron chi connectivity index (χ1n) is 8.14. The average Bonchev–Trinajstić information content (AvgIpc) is 2.63. The van der Waals surface area contributed by atoms with Crippen molar-refractivity contribution in [2.24, 2.45) is 0 Å². The highest BCUT2D eigenvalue weighted by atomic mass is 79.9. The number of anilines is 1. The van der Waals surface area contributed by atoms with Crippen LogP contribution in [-0.2, 0) is 9.59 Å². The quantitative estimate of drug-likeness (QED) is 0.411. The highest BCUT2D eigenvalue weighted by Crippen LogP contribution is 2.34. The fraction of sp³-hybridized carbons (Fsp3) is 0.105. The van der Waals surface area contributed by atoms with E-state index in [-0.39, 0.29) is 27.9 Å². The van der Waals surface area contributed by atoms with Crippen LogP contribution < -0.4 is 15.0 Å². The summed E-state index contributed by atoms with van der Waals surface area (Å²) in [5, 5.41) is 12.1. The largest absolute Gasteiger partial charge is 0.504 e. The molecule has 9 heteroatoms. The van der Waals surface area contributed by atoms with Gasteiger partial charge in [-0.25, -0.2) is 9.29 Å². The third-order valence-corrected chi connectivity index (χ3v) is 4.84. The summed E-state index contributed by atoms with van der Waals surface area (Å²) in [6, 6.07) is 8.49. The normalized spacial score (nSPS) is 15.8. The van der Waals surface area contributed by atoms with Gasteiger partial charge in [-0.3, -0.25) is 14.9 Å². The first-order valence-corrected chi connectivity index (χ1v) is 9.35. The Hall–Kier alpha value is -2.78. The van der Waals surface area contributed by atoms with Gasteiger partial charge in [-0.15, -0.1) is 0 Å². The van der Waals surface area contributed by atoms with E-state index in [4.69, 9.17) is 17.0 Å². The van der Waals surface area contributed by atoms with Crippen LogP contribution in [0.1, 0.15) is 12.5 Å². The highest BCUT2D eigenvalue weighted by molar-refractivity contribution is 9.10. The van der Waals surface area contributed by atoms with Crippen LogP contribution in [0.3, 0.4) is 0 Å². The smallest absolute Gasteiger partial charge is 0.270 e. The van der Waals surface area contributed by atoms with Crippen molar-refractivity contribution < 1.29 is 23.8 Å². The summed E-state index contributed by atoms with van der Waals surface area (Å²) in [6.45, 7) is 2.07. The van der Waals surface area contributed by atoms with Crippen LogP contribution in [0.4, 0.5) is 10.1 Å². The van der Waals surface area contributed by atoms with Gasteiger partial charge in [0.05, 0.1) is 12.3 Å². The van der Waals surface area contributed by atoms with Gasteiger partial charge in [0.1, 0.15) is 11.4 Å². The Labute approximate surface area is 173 Å². The van der Waals surface area contributed by atoms with Crippen LogP contribution in [0, 0.1) is 5.82 Å². The Balaban J connectivity index is 2.07. The lowest BCUT2D eigenvalue weighted by Crippen LogP contribution is -2.54. The summed E-state index contributed by atoms with van der Waals surface area (Å²) < 4.78 is 19.9. The van der Waals surface area contributed by atoms with Crippen molar-refractivity contribution in [3.63, 3.8) is 0 Å². The molecule has 0 radical (unpaired) electrons. The Morgan fingerprint density at radius 2 is 2.04 bits per heavy atom. The molecule has 6 nitrogen and oxygen atoms in total. The van der Waals surface area contributed by atoms with Crippen LogP contribution in [0.5, 0.6) is 11.5 Å². The van der Waals surface area contributed by atoms with Crippen LogP contribution in [0.15, 0.2) is 46.4 Å². The van der Waals surface area contributed by atoms with Crippen molar-refractivity contribution in [1.29, 1.82) is 0 Å². The highest BCUT2D eigenvalue weighted by Gasteiger charge is 2.35. The van der Waals surface area contributed by atoms with E-state index in [1.165, 1.54) is 36.4 Å². The topological polar surface area (TPSA) is 78.9 Å². The number of halogens is 2. The lowest BCUT2D eigenvalue weighted by atomic mass is 10.1. The van der Waals surface area contributed by atoms with E-state index in [1.54, 1.807) is 13.0 Å². The molecule has 1 heterocycles. The van der Waals surface area contributed by atoms with Gasteiger partial charge in [-0.05, 0) is 55.0 Å². The van der Waals surface area contributed by atoms with Gasteiger partial charge in [0, 0.05) is 4.47 Å². The lowest BCUT2D eigenvalue weighted by molar-refractivity contribution is -0.122. The predicted octanol–water partition coefficient (Wildman–Crippen LogP) is 3.52. The van der Waals surface area contributed by atoms with E-state index in [1.807, 2.05) is 0 Å². The number of hydrogen-bond acceptors (Lipinski definition) is 5. The third-order valence-electron chi connectivity index (χ3n) is 3.87. The minimum atomic E-state index is -0.767. The van der Waals surface area contributed by atoms with Crippen molar-refractivity contribution in [1.82, 2.24) is 5.32 Å². The zero-order valence-corrected chi connectivity index (χ0v) is 16.9. The summed E-state index contributed by atoms with van der Waals surface area (Å²) >= 11 is 8.34. The maximum Gasteiger partial charge on any atom is 0.270 e. The molecule has 0 aromatic heterocycles. The average molecular weight is 465 g/mol. The summed E-state index contributed by atoms with van der Waals surface area (Å²) in [5.41, 5.74) is 0.106. The molecular weight excluding hydrogens is 451 g/mol. The molecule has 144 valence electrons. The molecule has 3 rings (SSSR count). The number of para-hydroxylation sites is 1. The van der Waals surface area contributed by atoms with Gasteiger partial charge in [-0.2, -0.15) is 0 Å². The molecule has 1 saturated heterocycles. The fourth-order valence-corrected chi connectivity index (χ4v) is 3.32. The summed E-state index contributed by atoms with van der Waals surface area (Å²) in [7, 11) is 0. The standard InChI is InChI=1S/C19H14BrFN2O4S/c1-2-27-16-8-10(12(20)9-15(16)24)7-11-17(25)22-19(28)23(18(11)26)14-6-4-3-5-13(14)21/h3-9,24H,2H2,1H3,(H,22,25,28)/b11-7-. The van der Waals surface area contributed by atoms with Crippen LogP contribution in [0.2, 0.25) is 0 Å². The number of benzene rings is 2. The van der Waals surface area contributed by atoms with Gasteiger partial charge in [0.15, 0.2) is 16.6 Å². The van der Waals surface area contributed by atoms with E-state index in [0.29, 0.717) is 16.6 Å². The van der Waals surface area contributed by atoms with E-state index in [9.17, 15) is 19.1 Å². The second kappa shape index (κ2) is 8.07. The molecule has 1 fully saturated rings. The minimum Gasteiger partial charge on any atom is -0.504 e. The van der Waals surface area contributed by atoms with Crippen molar-refractivity contribution in [2.75, 3.05) is 11.5 Å². The second-order valence-corrected chi connectivity index (χ2v) is 6.92. The number of phenols is 1. The number of carbonyl (C=O) groups excluding carboxylic acids is 2. The molecule has 0 saturated carbocycles. The number of nitrogens with one attached hydrogen (secondary N) is 1. The molecule has 0 atom stereocenters. The predicted molar refractivity (Wildman–Crippen MR) is 110 cm³/mol. The van der Waals surface area contributed by atoms with Crippen molar-refractivity contribution in [3.05, 3.63) is 57.8 Å². The van der Waals surface area contributed by atoms with Gasteiger partial charge in [0.2, 0.25) is 0 Å². The van der Waals surface area contributed by atoms with E-state index < -0.39 is 17.6 Å². The summed E-state index contributed by atoms with van der Waals surface area (Å²) in [4.78, 5) is 26.2. The Kier molecular flexibility index (Phi) is 5.76. The zero-order valence-electron chi connectivity index (χ0n) is 14.5.